The quantitative estimate of drug-likeness (QED) is 0.0752. The van der Waals surface area contributed by atoms with Crippen molar-refractivity contribution < 1.29 is 23.9 Å². The van der Waals surface area contributed by atoms with Crippen LogP contribution >= 0.6 is 0 Å². The summed E-state index contributed by atoms with van der Waals surface area (Å²) in [5.74, 6) is -1.81. The fourth-order valence-electron chi connectivity index (χ4n) is 6.06. The number of carbonyl (C=O) groups excluding carboxylic acids is 4. The zero-order valence-corrected chi connectivity index (χ0v) is 19.6. The molecule has 0 aliphatic carbocycles. The summed E-state index contributed by atoms with van der Waals surface area (Å²) in [4.78, 5) is 53.3. The van der Waals surface area contributed by atoms with E-state index in [1.807, 2.05) is 24.3 Å². The lowest BCUT2D eigenvalue weighted by atomic mass is 9.83. The summed E-state index contributed by atoms with van der Waals surface area (Å²) in [6.07, 6.45) is 3.94. The molecule has 6 heteroatoms. The molecule has 6 nitrogen and oxygen atoms in total. The number of benzene rings is 5. The van der Waals surface area contributed by atoms with Crippen LogP contribution in [0.1, 0.15) is 74.0 Å². The number of nitrogens with zero attached hydrogens (tertiary/aromatic N) is 1. The molecule has 0 saturated carbocycles. The molecule has 0 aromatic heterocycles. The molecule has 0 unspecified atom stereocenters. The molecule has 0 fully saturated rings. The van der Waals surface area contributed by atoms with Crippen molar-refractivity contribution in [1.29, 1.82) is 0 Å². The Morgan fingerprint density at radius 1 is 0.556 bits per heavy atom. The molecule has 36 heavy (non-hydrogen) atoms. The molecular weight excluding hydrogens is 454 g/mol. The Bertz CT molecular complexity index is 1710. The third kappa shape index (κ3) is 2.56. The molecule has 0 atom stereocenters. The van der Waals surface area contributed by atoms with Gasteiger partial charge in [0.15, 0.2) is 0 Å². The van der Waals surface area contributed by atoms with Crippen molar-refractivity contribution in [2.45, 2.75) is 32.6 Å². The highest BCUT2D eigenvalue weighted by atomic mass is 16.6. The van der Waals surface area contributed by atoms with Crippen molar-refractivity contribution in [3.63, 3.8) is 0 Å². The number of fused-ring (bicyclic) bond motifs is 2. The first-order valence-corrected chi connectivity index (χ1v) is 12.3. The van der Waals surface area contributed by atoms with Crippen molar-refractivity contribution in [3.8, 4) is 0 Å². The zero-order chi connectivity index (χ0) is 24.7. The molecule has 7 rings (SSSR count). The predicted octanol–water partition coefficient (Wildman–Crippen LogP) is 6.22. The van der Waals surface area contributed by atoms with Crippen LogP contribution in [-0.2, 0) is 4.74 Å². The summed E-state index contributed by atoms with van der Waals surface area (Å²) in [6, 6.07) is 14.6. The van der Waals surface area contributed by atoms with E-state index in [2.05, 4.69) is 6.92 Å². The predicted molar refractivity (Wildman–Crippen MR) is 137 cm³/mol. The third-order valence-electron chi connectivity index (χ3n) is 7.71. The minimum Gasteiger partial charge on any atom is -0.386 e. The Hall–Kier alpha value is -4.32. The normalized spacial score (nSPS) is 15.2. The molecule has 0 radical (unpaired) electrons. The Labute approximate surface area is 205 Å². The van der Waals surface area contributed by atoms with Gasteiger partial charge in [-0.15, -0.1) is 0 Å². The summed E-state index contributed by atoms with van der Waals surface area (Å²) in [6.45, 7) is 2.54. The first-order chi connectivity index (χ1) is 17.5. The van der Waals surface area contributed by atoms with E-state index in [1.54, 1.807) is 24.3 Å². The molecule has 2 heterocycles. The summed E-state index contributed by atoms with van der Waals surface area (Å²) in [5.41, 5.74) is 1.80. The Kier molecular flexibility index (Phi) is 4.28. The van der Waals surface area contributed by atoms with Crippen LogP contribution in [0.15, 0.2) is 48.5 Å². The van der Waals surface area contributed by atoms with Crippen molar-refractivity contribution >= 4 is 66.8 Å². The van der Waals surface area contributed by atoms with Gasteiger partial charge in [0.2, 0.25) is 0 Å². The highest BCUT2D eigenvalue weighted by molar-refractivity contribution is 6.40. The van der Waals surface area contributed by atoms with Gasteiger partial charge in [0.1, 0.15) is 0 Å². The van der Waals surface area contributed by atoms with Crippen LogP contribution in [0.2, 0.25) is 0 Å². The molecule has 5 aromatic carbocycles. The number of unbranched alkanes of at least 4 members (excludes halogenated alkanes) is 3. The van der Waals surface area contributed by atoms with Crippen LogP contribution in [0.4, 0.5) is 0 Å². The van der Waals surface area contributed by atoms with Crippen LogP contribution in [0.3, 0.4) is 0 Å². The highest BCUT2D eigenvalue weighted by Gasteiger charge is 2.35. The number of hydrogen-bond donors (Lipinski definition) is 0. The van der Waals surface area contributed by atoms with E-state index >= 15 is 0 Å². The number of amides is 2. The van der Waals surface area contributed by atoms with E-state index < -0.39 is 11.9 Å². The fourth-order valence-corrected chi connectivity index (χ4v) is 6.06. The smallest absolute Gasteiger partial charge is 0.346 e. The third-order valence-corrected chi connectivity index (χ3v) is 7.71. The Morgan fingerprint density at radius 3 is 1.47 bits per heavy atom. The van der Waals surface area contributed by atoms with Gasteiger partial charge in [-0.2, -0.15) is 0 Å². The number of ether oxygens (including phenoxy) is 1. The van der Waals surface area contributed by atoms with E-state index in [9.17, 15) is 19.2 Å². The van der Waals surface area contributed by atoms with Gasteiger partial charge in [-0.3, -0.25) is 14.5 Å². The molecule has 0 N–H and O–H groups in total. The average Bonchev–Trinajstić information content (AvgIpc) is 2.89. The summed E-state index contributed by atoms with van der Waals surface area (Å²) >= 11 is 0. The first-order valence-electron chi connectivity index (χ1n) is 12.3. The van der Waals surface area contributed by atoms with Gasteiger partial charge in [0.05, 0.1) is 11.1 Å². The van der Waals surface area contributed by atoms with E-state index in [0.29, 0.717) is 39.6 Å². The van der Waals surface area contributed by atoms with Crippen molar-refractivity contribution in [1.82, 2.24) is 4.90 Å². The molecule has 176 valence electrons. The molecule has 2 aliphatic heterocycles. The molecule has 0 saturated heterocycles. The number of carbonyl (C=O) groups is 4. The van der Waals surface area contributed by atoms with Crippen LogP contribution < -0.4 is 0 Å². The topological polar surface area (TPSA) is 80.8 Å². The number of hydrogen-bond acceptors (Lipinski definition) is 5. The number of imide groups is 1. The SMILES string of the molecule is CCCCCCN1C(=O)c2ccc3c4ccc5c6c(ccc(c7ccc(c2c37)C1=O)c64)C(=O)OC5=O. The second-order valence-electron chi connectivity index (χ2n) is 9.64. The van der Waals surface area contributed by atoms with Crippen molar-refractivity contribution in [3.05, 3.63) is 70.8 Å². The van der Waals surface area contributed by atoms with E-state index in [1.165, 1.54) is 4.90 Å². The lowest BCUT2D eigenvalue weighted by molar-refractivity contribution is 0.0390. The minimum atomic E-state index is -0.650. The molecule has 0 bridgehead atoms. The van der Waals surface area contributed by atoms with Gasteiger partial charge in [0.25, 0.3) is 11.8 Å². The minimum absolute atomic E-state index is 0.253. The summed E-state index contributed by atoms with van der Waals surface area (Å²) in [7, 11) is 0. The van der Waals surface area contributed by atoms with Crippen LogP contribution in [0.25, 0.3) is 43.1 Å². The maximum Gasteiger partial charge on any atom is 0.346 e. The van der Waals surface area contributed by atoms with Crippen molar-refractivity contribution in [2.75, 3.05) is 6.54 Å². The Balaban J connectivity index is 1.53. The molecule has 2 amide bonds. The first kappa shape index (κ1) is 21.0. The number of esters is 2. The van der Waals surface area contributed by atoms with Gasteiger partial charge in [0, 0.05) is 28.4 Å². The molecule has 0 spiro atoms. The maximum absolute atomic E-state index is 13.5. The van der Waals surface area contributed by atoms with Crippen molar-refractivity contribution in [2.24, 2.45) is 0 Å². The second-order valence-corrected chi connectivity index (χ2v) is 9.64. The van der Waals surface area contributed by atoms with Gasteiger partial charge in [-0.1, -0.05) is 50.5 Å². The lowest BCUT2D eigenvalue weighted by Gasteiger charge is -2.28. The maximum atomic E-state index is 13.5. The van der Waals surface area contributed by atoms with E-state index in [4.69, 9.17) is 4.74 Å². The lowest BCUT2D eigenvalue weighted by Crippen LogP contribution is -2.40. The monoisotopic (exact) mass is 475 g/mol. The van der Waals surface area contributed by atoms with Gasteiger partial charge >= 0.3 is 11.9 Å². The highest BCUT2D eigenvalue weighted by Crippen LogP contribution is 2.45. The van der Waals surface area contributed by atoms with E-state index in [-0.39, 0.29) is 11.8 Å². The zero-order valence-electron chi connectivity index (χ0n) is 19.6. The number of rotatable bonds is 5. The number of cyclic esters (lactones) is 2. The van der Waals surface area contributed by atoms with E-state index in [0.717, 1.165) is 58.0 Å². The fraction of sp³-hybridized carbons (Fsp3) is 0.200. The van der Waals surface area contributed by atoms with Gasteiger partial charge in [-0.05, 0) is 63.0 Å². The van der Waals surface area contributed by atoms with Gasteiger partial charge in [-0.25, -0.2) is 9.59 Å². The Morgan fingerprint density at radius 2 is 1.00 bits per heavy atom. The summed E-state index contributed by atoms with van der Waals surface area (Å²) < 4.78 is 4.93. The largest absolute Gasteiger partial charge is 0.386 e. The molecule has 2 aliphatic rings. The van der Waals surface area contributed by atoms with Crippen LogP contribution in [-0.4, -0.2) is 35.2 Å². The molecular formula is C30H21NO5. The van der Waals surface area contributed by atoms with Crippen LogP contribution in [0.5, 0.6) is 0 Å². The van der Waals surface area contributed by atoms with Gasteiger partial charge < -0.3 is 4.74 Å². The second kappa shape index (κ2) is 7.34. The standard InChI is InChI=1S/C30H21NO5/c1-2-3-4-5-14-31-27(32)19-10-6-15-17-8-12-21-26-22(30(35)36-29(21)34)13-9-18(24(17)26)16-7-11-20(28(31)33)25(19)23(15)16/h6-13H,2-5,14H2,1H3. The summed E-state index contributed by atoms with van der Waals surface area (Å²) in [5, 5.41) is 6.44. The average molecular weight is 476 g/mol. The van der Waals surface area contributed by atoms with Crippen LogP contribution in [0, 0.1) is 0 Å². The molecule has 5 aromatic rings.